The second kappa shape index (κ2) is 18.8. The lowest BCUT2D eigenvalue weighted by Gasteiger charge is -2.26. The lowest BCUT2D eigenvalue weighted by molar-refractivity contribution is 0.0497. The Morgan fingerprint density at radius 3 is 1.97 bits per heavy atom. The van der Waals surface area contributed by atoms with Crippen molar-refractivity contribution in [1.82, 2.24) is 0 Å². The molecule has 3 nitrogen and oxygen atoms in total. The highest BCUT2D eigenvalue weighted by molar-refractivity contribution is 5.89. The lowest BCUT2D eigenvalue weighted by Crippen LogP contribution is -2.23. The van der Waals surface area contributed by atoms with Crippen molar-refractivity contribution in [2.45, 2.75) is 148 Å². The molecular formula is C31H52O3. The third kappa shape index (κ3) is 12.3. The van der Waals surface area contributed by atoms with E-state index < -0.39 is 0 Å². The van der Waals surface area contributed by atoms with Crippen LogP contribution in [0.1, 0.15) is 152 Å². The van der Waals surface area contributed by atoms with Crippen LogP contribution in [0.5, 0.6) is 5.75 Å². The molecule has 1 heterocycles. The second-order valence-electron chi connectivity index (χ2n) is 10.3. The van der Waals surface area contributed by atoms with Crippen LogP contribution in [-0.2, 0) is 11.2 Å². The molecule has 0 saturated heterocycles. The second-order valence-corrected chi connectivity index (χ2v) is 10.3. The Kier molecular flexibility index (Phi) is 15.9. The fourth-order valence-corrected chi connectivity index (χ4v) is 4.94. The highest BCUT2D eigenvalue weighted by Crippen LogP contribution is 2.30. The Hall–Kier alpha value is -1.51. The number of unbranched alkanes of at least 4 members (excludes halogenated alkanes) is 15. The summed E-state index contributed by atoms with van der Waals surface area (Å²) in [5, 5.41) is 0. The van der Waals surface area contributed by atoms with Crippen LogP contribution in [0, 0.1) is 0 Å². The molecule has 3 heteroatoms. The van der Waals surface area contributed by atoms with Gasteiger partial charge in [0.15, 0.2) is 0 Å². The van der Waals surface area contributed by atoms with Gasteiger partial charge in [-0.1, -0.05) is 110 Å². The first-order valence-corrected chi connectivity index (χ1v) is 14.7. The summed E-state index contributed by atoms with van der Waals surface area (Å²) in [5.74, 6) is 0.773. The quantitative estimate of drug-likeness (QED) is 0.140. The van der Waals surface area contributed by atoms with E-state index in [1.165, 1.54) is 96.3 Å². The number of benzene rings is 1. The average Bonchev–Trinajstić information content (AvgIpc) is 2.86. The van der Waals surface area contributed by atoms with E-state index in [1.807, 2.05) is 18.2 Å². The van der Waals surface area contributed by atoms with Crippen molar-refractivity contribution < 1.29 is 14.3 Å². The molecule has 0 saturated carbocycles. The Balaban J connectivity index is 1.56. The summed E-state index contributed by atoms with van der Waals surface area (Å²) in [5.41, 5.74) is 1.82. The first-order valence-electron chi connectivity index (χ1n) is 14.7. The number of esters is 1. The maximum absolute atomic E-state index is 12.4. The molecule has 0 aromatic heterocycles. The Bertz CT molecular complexity index is 654. The van der Waals surface area contributed by atoms with Gasteiger partial charge in [0.1, 0.15) is 5.75 Å². The Labute approximate surface area is 210 Å². The number of carbonyl (C=O) groups excluding carboxylic acids is 1. The standard InChI is InChI=1S/C31H52O3/c1-3-5-7-9-11-13-14-16-18-20-29-23-21-27-26-28(22-24-30(27)34-29)31(32)33-25-19-17-15-12-10-8-6-4-2/h22,24,26,29H,3-21,23,25H2,1-2H3/t29-/m1/s1. The van der Waals surface area contributed by atoms with E-state index in [1.54, 1.807) is 0 Å². The van der Waals surface area contributed by atoms with Crippen LogP contribution in [0.2, 0.25) is 0 Å². The van der Waals surface area contributed by atoms with Gasteiger partial charge in [-0.3, -0.25) is 0 Å². The molecule has 0 fully saturated rings. The largest absolute Gasteiger partial charge is 0.490 e. The molecule has 34 heavy (non-hydrogen) atoms. The van der Waals surface area contributed by atoms with Crippen LogP contribution >= 0.6 is 0 Å². The van der Waals surface area contributed by atoms with Crippen LogP contribution in [-0.4, -0.2) is 18.7 Å². The predicted octanol–water partition coefficient (Wildman–Crippen LogP) is 9.60. The third-order valence-electron chi connectivity index (χ3n) is 7.19. The van der Waals surface area contributed by atoms with Gasteiger partial charge in [-0.15, -0.1) is 0 Å². The van der Waals surface area contributed by atoms with Crippen molar-refractivity contribution in [3.63, 3.8) is 0 Å². The van der Waals surface area contributed by atoms with E-state index in [4.69, 9.17) is 9.47 Å². The molecule has 1 aromatic rings. The van der Waals surface area contributed by atoms with Crippen molar-refractivity contribution in [3.8, 4) is 5.75 Å². The van der Waals surface area contributed by atoms with Crippen molar-refractivity contribution in [2.75, 3.05) is 6.61 Å². The Morgan fingerprint density at radius 1 is 0.794 bits per heavy atom. The highest BCUT2D eigenvalue weighted by Gasteiger charge is 2.21. The summed E-state index contributed by atoms with van der Waals surface area (Å²) in [4.78, 5) is 12.4. The lowest BCUT2D eigenvalue weighted by atomic mass is 9.97. The van der Waals surface area contributed by atoms with Crippen molar-refractivity contribution >= 4 is 5.97 Å². The summed E-state index contributed by atoms with van der Waals surface area (Å²) >= 11 is 0. The smallest absolute Gasteiger partial charge is 0.338 e. The molecule has 1 aliphatic heterocycles. The number of aryl methyl sites for hydroxylation is 1. The zero-order valence-electron chi connectivity index (χ0n) is 22.4. The van der Waals surface area contributed by atoms with Gasteiger partial charge in [-0.25, -0.2) is 4.79 Å². The molecule has 1 aliphatic rings. The SMILES string of the molecule is CCCCCCCCCCC[C@@H]1CCc2cc(C(=O)OCCCCCCCCCC)ccc2O1. The van der Waals surface area contributed by atoms with Gasteiger partial charge in [-0.2, -0.15) is 0 Å². The summed E-state index contributed by atoms with van der Waals surface area (Å²) in [7, 11) is 0. The van der Waals surface area contributed by atoms with Crippen LogP contribution in [0.3, 0.4) is 0 Å². The zero-order valence-corrected chi connectivity index (χ0v) is 22.4. The zero-order chi connectivity index (χ0) is 24.3. The van der Waals surface area contributed by atoms with E-state index in [2.05, 4.69) is 13.8 Å². The van der Waals surface area contributed by atoms with Gasteiger partial charge < -0.3 is 9.47 Å². The van der Waals surface area contributed by atoms with E-state index >= 15 is 0 Å². The molecule has 0 bridgehead atoms. The summed E-state index contributed by atoms with van der Waals surface area (Å²) in [6.45, 7) is 5.06. The highest BCUT2D eigenvalue weighted by atomic mass is 16.5. The normalized spacial score (nSPS) is 15.1. The number of hydrogen-bond acceptors (Lipinski definition) is 3. The van der Waals surface area contributed by atoms with E-state index in [0.29, 0.717) is 18.3 Å². The number of ether oxygens (including phenoxy) is 2. The molecule has 1 aromatic carbocycles. The number of fused-ring (bicyclic) bond motifs is 1. The number of rotatable bonds is 20. The van der Waals surface area contributed by atoms with Gasteiger partial charge in [0.2, 0.25) is 0 Å². The molecule has 0 unspecified atom stereocenters. The fourth-order valence-electron chi connectivity index (χ4n) is 4.94. The summed E-state index contributed by atoms with van der Waals surface area (Å²) in [6, 6.07) is 5.83. The maximum Gasteiger partial charge on any atom is 0.338 e. The summed E-state index contributed by atoms with van der Waals surface area (Å²) < 4.78 is 11.8. The Morgan fingerprint density at radius 2 is 1.35 bits per heavy atom. The molecule has 0 N–H and O–H groups in total. The third-order valence-corrected chi connectivity index (χ3v) is 7.19. The molecule has 0 radical (unpaired) electrons. The van der Waals surface area contributed by atoms with Gasteiger partial charge in [-0.05, 0) is 55.9 Å². The van der Waals surface area contributed by atoms with Crippen LogP contribution in [0.15, 0.2) is 18.2 Å². The first kappa shape index (κ1) is 28.7. The van der Waals surface area contributed by atoms with Crippen LogP contribution in [0.25, 0.3) is 0 Å². The van der Waals surface area contributed by atoms with Crippen molar-refractivity contribution in [1.29, 1.82) is 0 Å². The molecule has 194 valence electrons. The fraction of sp³-hybridized carbons (Fsp3) is 0.774. The van der Waals surface area contributed by atoms with E-state index in [0.717, 1.165) is 43.4 Å². The topological polar surface area (TPSA) is 35.5 Å². The van der Waals surface area contributed by atoms with E-state index in [9.17, 15) is 4.79 Å². The van der Waals surface area contributed by atoms with Gasteiger partial charge >= 0.3 is 5.97 Å². The molecule has 2 rings (SSSR count). The van der Waals surface area contributed by atoms with Gasteiger partial charge in [0.05, 0.1) is 18.3 Å². The van der Waals surface area contributed by atoms with Crippen LogP contribution in [0.4, 0.5) is 0 Å². The molecule has 0 spiro atoms. The summed E-state index contributed by atoms with van der Waals surface area (Å²) in [6.07, 6.45) is 25.8. The van der Waals surface area contributed by atoms with Crippen molar-refractivity contribution in [3.05, 3.63) is 29.3 Å². The molecule has 0 amide bonds. The minimum absolute atomic E-state index is 0.192. The first-order chi connectivity index (χ1) is 16.7. The molecular weight excluding hydrogens is 420 g/mol. The van der Waals surface area contributed by atoms with Crippen molar-refractivity contribution in [2.24, 2.45) is 0 Å². The van der Waals surface area contributed by atoms with E-state index in [-0.39, 0.29) is 5.97 Å². The molecule has 0 aliphatic carbocycles. The van der Waals surface area contributed by atoms with Gasteiger partial charge in [0.25, 0.3) is 0 Å². The maximum atomic E-state index is 12.4. The number of carbonyl (C=O) groups is 1. The number of hydrogen-bond donors (Lipinski definition) is 0. The predicted molar refractivity (Wildman–Crippen MR) is 144 cm³/mol. The minimum Gasteiger partial charge on any atom is -0.490 e. The minimum atomic E-state index is -0.192. The molecule has 1 atom stereocenters. The monoisotopic (exact) mass is 472 g/mol. The van der Waals surface area contributed by atoms with Crippen LogP contribution < -0.4 is 4.74 Å². The average molecular weight is 473 g/mol. The van der Waals surface area contributed by atoms with Gasteiger partial charge in [0, 0.05) is 0 Å².